The first-order chi connectivity index (χ1) is 7.19. The number of aryl methyl sites for hydroxylation is 1. The van der Waals surface area contributed by atoms with Crippen molar-refractivity contribution in [3.8, 4) is 0 Å². The van der Waals surface area contributed by atoms with Gasteiger partial charge in [-0.05, 0) is 13.3 Å². The number of nitrogens with one attached hydrogen (secondary N) is 1. The summed E-state index contributed by atoms with van der Waals surface area (Å²) in [6.45, 7) is 4.88. The van der Waals surface area contributed by atoms with Gasteiger partial charge in [0.2, 0.25) is 5.91 Å². The fourth-order valence-corrected chi connectivity index (χ4v) is 1.98. The van der Waals surface area contributed by atoms with Gasteiger partial charge in [0.05, 0.1) is 17.7 Å². The maximum absolute atomic E-state index is 11.6. The number of hydrogen-bond acceptors (Lipinski definition) is 4. The lowest BCUT2D eigenvalue weighted by Gasteiger charge is -2.11. The van der Waals surface area contributed by atoms with Gasteiger partial charge in [0.15, 0.2) is 0 Å². The Hall–Kier alpha value is -0.940. The standard InChI is InChI=1S/C10H17N3OS/c1-3-8(4-11)10(14)12-5-9-7(2)13-6-15-9/h6,8H,3-5,11H2,1-2H3,(H,12,14). The molecule has 1 aromatic rings. The van der Waals surface area contributed by atoms with E-state index in [-0.39, 0.29) is 11.8 Å². The molecule has 1 amide bonds. The number of carbonyl (C=O) groups is 1. The largest absolute Gasteiger partial charge is 0.351 e. The SMILES string of the molecule is CCC(CN)C(=O)NCc1scnc1C. The van der Waals surface area contributed by atoms with Gasteiger partial charge < -0.3 is 11.1 Å². The first-order valence-electron chi connectivity index (χ1n) is 5.05. The molecule has 0 saturated carbocycles. The number of carbonyl (C=O) groups excluding carboxylic acids is 1. The van der Waals surface area contributed by atoms with E-state index in [1.165, 1.54) is 0 Å². The van der Waals surface area contributed by atoms with E-state index in [1.54, 1.807) is 16.8 Å². The number of hydrogen-bond donors (Lipinski definition) is 2. The van der Waals surface area contributed by atoms with Crippen molar-refractivity contribution in [2.45, 2.75) is 26.8 Å². The van der Waals surface area contributed by atoms with Gasteiger partial charge >= 0.3 is 0 Å². The van der Waals surface area contributed by atoms with Gasteiger partial charge in [0.25, 0.3) is 0 Å². The predicted molar refractivity (Wildman–Crippen MR) is 61.5 cm³/mol. The summed E-state index contributed by atoms with van der Waals surface area (Å²) >= 11 is 1.56. The molecule has 0 saturated heterocycles. The van der Waals surface area contributed by atoms with Crippen molar-refractivity contribution >= 4 is 17.2 Å². The molecule has 1 atom stereocenters. The number of thiazole rings is 1. The number of amides is 1. The van der Waals surface area contributed by atoms with Crippen LogP contribution in [-0.4, -0.2) is 17.4 Å². The van der Waals surface area contributed by atoms with E-state index < -0.39 is 0 Å². The zero-order valence-electron chi connectivity index (χ0n) is 9.12. The van der Waals surface area contributed by atoms with Crippen molar-refractivity contribution in [2.75, 3.05) is 6.54 Å². The number of nitrogens with zero attached hydrogens (tertiary/aromatic N) is 1. The van der Waals surface area contributed by atoms with Crippen molar-refractivity contribution in [3.63, 3.8) is 0 Å². The number of rotatable bonds is 5. The molecule has 0 aliphatic heterocycles. The molecular weight excluding hydrogens is 210 g/mol. The van der Waals surface area contributed by atoms with Crippen molar-refractivity contribution in [3.05, 3.63) is 16.1 Å². The molecule has 1 unspecified atom stereocenters. The molecule has 4 nitrogen and oxygen atoms in total. The summed E-state index contributed by atoms with van der Waals surface area (Å²) in [5.41, 5.74) is 8.27. The van der Waals surface area contributed by atoms with Crippen molar-refractivity contribution < 1.29 is 4.79 Å². The van der Waals surface area contributed by atoms with Crippen LogP contribution < -0.4 is 11.1 Å². The van der Waals surface area contributed by atoms with E-state index >= 15 is 0 Å². The van der Waals surface area contributed by atoms with Crippen LogP contribution in [-0.2, 0) is 11.3 Å². The Morgan fingerprint density at radius 1 is 1.73 bits per heavy atom. The van der Waals surface area contributed by atoms with Crippen LogP contribution in [0.3, 0.4) is 0 Å². The highest BCUT2D eigenvalue weighted by Gasteiger charge is 2.14. The molecule has 0 spiro atoms. The van der Waals surface area contributed by atoms with Gasteiger partial charge in [0.1, 0.15) is 0 Å². The van der Waals surface area contributed by atoms with Crippen LogP contribution in [0.25, 0.3) is 0 Å². The molecule has 0 bridgehead atoms. The van der Waals surface area contributed by atoms with Crippen LogP contribution in [0.5, 0.6) is 0 Å². The molecule has 1 aromatic heterocycles. The third-order valence-electron chi connectivity index (χ3n) is 2.42. The molecule has 0 aliphatic rings. The maximum Gasteiger partial charge on any atom is 0.224 e. The van der Waals surface area contributed by atoms with Gasteiger partial charge in [-0.2, -0.15) is 0 Å². The fraction of sp³-hybridized carbons (Fsp3) is 0.600. The molecule has 15 heavy (non-hydrogen) atoms. The Morgan fingerprint density at radius 2 is 2.47 bits per heavy atom. The smallest absolute Gasteiger partial charge is 0.224 e. The first kappa shape index (κ1) is 12.1. The third-order valence-corrected chi connectivity index (χ3v) is 3.35. The zero-order valence-corrected chi connectivity index (χ0v) is 9.93. The molecule has 1 rings (SSSR count). The summed E-state index contributed by atoms with van der Waals surface area (Å²) in [5, 5.41) is 2.88. The Labute approximate surface area is 93.9 Å². The summed E-state index contributed by atoms with van der Waals surface area (Å²) in [7, 11) is 0. The quantitative estimate of drug-likeness (QED) is 0.790. The predicted octanol–water partition coefficient (Wildman–Crippen LogP) is 1.05. The van der Waals surface area contributed by atoms with E-state index in [1.807, 2.05) is 13.8 Å². The molecule has 3 N–H and O–H groups in total. The Balaban J connectivity index is 2.43. The fourth-order valence-electron chi connectivity index (χ4n) is 1.27. The molecule has 0 aromatic carbocycles. The minimum absolute atomic E-state index is 0.0350. The molecule has 0 radical (unpaired) electrons. The van der Waals surface area contributed by atoms with Crippen molar-refractivity contribution in [1.29, 1.82) is 0 Å². The highest BCUT2D eigenvalue weighted by molar-refractivity contribution is 7.09. The number of nitrogens with two attached hydrogens (primary N) is 1. The summed E-state index contributed by atoms with van der Waals surface area (Å²) < 4.78 is 0. The topological polar surface area (TPSA) is 68.0 Å². The highest BCUT2D eigenvalue weighted by Crippen LogP contribution is 2.11. The lowest BCUT2D eigenvalue weighted by molar-refractivity contribution is -0.124. The maximum atomic E-state index is 11.6. The molecule has 0 aliphatic carbocycles. The average Bonchev–Trinajstić information content (AvgIpc) is 2.63. The van der Waals surface area contributed by atoms with E-state index in [9.17, 15) is 4.79 Å². The van der Waals surface area contributed by atoms with Gasteiger partial charge in [-0.3, -0.25) is 4.79 Å². The number of aromatic nitrogens is 1. The lowest BCUT2D eigenvalue weighted by Crippen LogP contribution is -2.34. The minimum atomic E-state index is -0.0711. The summed E-state index contributed by atoms with van der Waals surface area (Å²) in [4.78, 5) is 16.8. The molecule has 0 fully saturated rings. The van der Waals surface area contributed by atoms with Crippen LogP contribution in [0.4, 0.5) is 0 Å². The summed E-state index contributed by atoms with van der Waals surface area (Å²) in [5.74, 6) is -0.0361. The Bertz CT molecular complexity index is 320. The van der Waals surface area contributed by atoms with Crippen LogP contribution in [0, 0.1) is 12.8 Å². The van der Waals surface area contributed by atoms with E-state index in [4.69, 9.17) is 5.73 Å². The van der Waals surface area contributed by atoms with E-state index in [0.717, 1.165) is 17.0 Å². The molecule has 84 valence electrons. The second kappa shape index (κ2) is 5.82. The Kier molecular flexibility index (Phi) is 4.71. The van der Waals surface area contributed by atoms with Crippen molar-refractivity contribution in [1.82, 2.24) is 10.3 Å². The molecule has 5 heteroatoms. The van der Waals surface area contributed by atoms with E-state index in [2.05, 4.69) is 10.3 Å². The average molecular weight is 227 g/mol. The van der Waals surface area contributed by atoms with Crippen molar-refractivity contribution in [2.24, 2.45) is 11.7 Å². The first-order valence-corrected chi connectivity index (χ1v) is 5.93. The monoisotopic (exact) mass is 227 g/mol. The summed E-state index contributed by atoms with van der Waals surface area (Å²) in [6, 6.07) is 0. The zero-order chi connectivity index (χ0) is 11.3. The minimum Gasteiger partial charge on any atom is -0.351 e. The molecule has 1 heterocycles. The van der Waals surface area contributed by atoms with Gasteiger partial charge in [0, 0.05) is 17.3 Å². The van der Waals surface area contributed by atoms with Crippen LogP contribution in [0.15, 0.2) is 5.51 Å². The summed E-state index contributed by atoms with van der Waals surface area (Å²) in [6.07, 6.45) is 0.782. The molecular formula is C10H17N3OS. The highest BCUT2D eigenvalue weighted by atomic mass is 32.1. The van der Waals surface area contributed by atoms with Crippen LogP contribution in [0.1, 0.15) is 23.9 Å². The second-order valence-corrected chi connectivity index (χ2v) is 4.36. The van der Waals surface area contributed by atoms with Gasteiger partial charge in [-0.25, -0.2) is 4.98 Å². The van der Waals surface area contributed by atoms with E-state index in [0.29, 0.717) is 13.1 Å². The van der Waals surface area contributed by atoms with Gasteiger partial charge in [-0.1, -0.05) is 6.92 Å². The normalized spacial score (nSPS) is 12.5. The lowest BCUT2D eigenvalue weighted by atomic mass is 10.1. The van der Waals surface area contributed by atoms with Gasteiger partial charge in [-0.15, -0.1) is 11.3 Å². The second-order valence-electron chi connectivity index (χ2n) is 3.42. The van der Waals surface area contributed by atoms with Crippen LogP contribution >= 0.6 is 11.3 Å². The third kappa shape index (κ3) is 3.28. The Morgan fingerprint density at radius 3 is 2.93 bits per heavy atom. The van der Waals surface area contributed by atoms with Crippen LogP contribution in [0.2, 0.25) is 0 Å².